The van der Waals surface area contributed by atoms with Crippen molar-refractivity contribution in [2.45, 2.75) is 40.0 Å². The zero-order valence-corrected chi connectivity index (χ0v) is 19.7. The summed E-state index contributed by atoms with van der Waals surface area (Å²) in [6.45, 7) is 6.95. The van der Waals surface area contributed by atoms with Crippen molar-refractivity contribution < 1.29 is 0 Å². The molecule has 3 nitrogen and oxygen atoms in total. The second-order valence-electron chi connectivity index (χ2n) is 9.42. The monoisotopic (exact) mass is 446 g/mol. The quantitative estimate of drug-likeness (QED) is 0.369. The molecule has 1 aromatic carbocycles. The molecule has 4 aromatic rings. The molecular weight excluding hydrogens is 420 g/mol. The van der Waals surface area contributed by atoms with Gasteiger partial charge in [-0.2, -0.15) is 0 Å². The fraction of sp³-hybridized carbons (Fsp3) is 0.308. The molecule has 3 aromatic heterocycles. The third-order valence-electron chi connectivity index (χ3n) is 6.48. The first-order valence-corrected chi connectivity index (χ1v) is 12.4. The Balaban J connectivity index is 1.82. The molecule has 0 fully saturated rings. The van der Waals surface area contributed by atoms with Crippen LogP contribution in [0.4, 0.5) is 5.69 Å². The minimum absolute atomic E-state index is 0.0933. The van der Waals surface area contributed by atoms with Gasteiger partial charge in [0.2, 0.25) is 5.43 Å². The predicted molar refractivity (Wildman–Crippen MR) is 134 cm³/mol. The Hall–Kier alpha value is -2.50. The van der Waals surface area contributed by atoms with Gasteiger partial charge in [0.05, 0.1) is 16.0 Å². The SMILES string of the molecule is CC(C)(C)C1CCc2c(nc3sc(-c4ccccc4)c(N)c(=O)c3c2-c2cccs2)C1. The number of hydrogen-bond acceptors (Lipinski definition) is 5. The molecule has 1 aliphatic carbocycles. The van der Waals surface area contributed by atoms with Gasteiger partial charge in [0.1, 0.15) is 4.83 Å². The first-order chi connectivity index (χ1) is 14.8. The van der Waals surface area contributed by atoms with Gasteiger partial charge in [-0.1, -0.05) is 57.2 Å². The third kappa shape index (κ3) is 3.50. The zero-order chi connectivity index (χ0) is 21.8. The average Bonchev–Trinajstić information content (AvgIpc) is 3.29. The number of thiophene rings is 1. The van der Waals surface area contributed by atoms with Gasteiger partial charge in [0.15, 0.2) is 0 Å². The number of benzene rings is 1. The van der Waals surface area contributed by atoms with Crippen LogP contribution in [0.25, 0.3) is 31.1 Å². The molecule has 0 radical (unpaired) electrons. The topological polar surface area (TPSA) is 56.0 Å². The molecule has 1 unspecified atom stereocenters. The number of pyridine rings is 1. The fourth-order valence-electron chi connectivity index (χ4n) is 4.65. The van der Waals surface area contributed by atoms with Crippen LogP contribution >= 0.6 is 22.7 Å². The van der Waals surface area contributed by atoms with Crippen LogP contribution in [0.15, 0.2) is 52.6 Å². The maximum absolute atomic E-state index is 13.6. The Morgan fingerprint density at radius 2 is 1.87 bits per heavy atom. The molecule has 0 amide bonds. The van der Waals surface area contributed by atoms with Crippen LogP contribution in [0.3, 0.4) is 0 Å². The van der Waals surface area contributed by atoms with Crippen molar-refractivity contribution in [1.29, 1.82) is 0 Å². The van der Waals surface area contributed by atoms with E-state index < -0.39 is 0 Å². The summed E-state index contributed by atoms with van der Waals surface area (Å²) < 4.78 is 0. The molecule has 5 rings (SSSR count). The summed E-state index contributed by atoms with van der Waals surface area (Å²) in [5, 5.41) is 2.77. The molecule has 1 aliphatic rings. The van der Waals surface area contributed by atoms with Crippen LogP contribution in [0.1, 0.15) is 38.4 Å². The Kier molecular flexibility index (Phi) is 4.98. The highest BCUT2D eigenvalue weighted by Crippen LogP contribution is 2.44. The van der Waals surface area contributed by atoms with E-state index in [0.29, 0.717) is 17.0 Å². The minimum atomic E-state index is -0.0933. The van der Waals surface area contributed by atoms with Gasteiger partial charge in [-0.05, 0) is 53.2 Å². The summed E-state index contributed by atoms with van der Waals surface area (Å²) in [7, 11) is 0. The van der Waals surface area contributed by atoms with Gasteiger partial charge in [-0.3, -0.25) is 4.79 Å². The molecule has 3 heterocycles. The van der Waals surface area contributed by atoms with Crippen LogP contribution in [0.2, 0.25) is 0 Å². The number of anilines is 1. The summed E-state index contributed by atoms with van der Waals surface area (Å²) in [5.41, 5.74) is 11.3. The van der Waals surface area contributed by atoms with E-state index in [1.54, 1.807) is 22.7 Å². The van der Waals surface area contributed by atoms with Gasteiger partial charge in [0.25, 0.3) is 0 Å². The van der Waals surface area contributed by atoms with Crippen molar-refractivity contribution >= 4 is 38.6 Å². The molecule has 0 saturated carbocycles. The van der Waals surface area contributed by atoms with E-state index in [0.717, 1.165) is 50.7 Å². The molecule has 5 heteroatoms. The number of fused-ring (bicyclic) bond motifs is 2. The Morgan fingerprint density at radius 1 is 1.10 bits per heavy atom. The Labute approximate surface area is 190 Å². The van der Waals surface area contributed by atoms with Gasteiger partial charge >= 0.3 is 0 Å². The summed E-state index contributed by atoms with van der Waals surface area (Å²) in [6.07, 6.45) is 3.04. The van der Waals surface area contributed by atoms with E-state index in [4.69, 9.17) is 10.7 Å². The molecule has 0 spiro atoms. The number of nitrogen functional groups attached to an aromatic ring is 1. The molecule has 158 valence electrons. The van der Waals surface area contributed by atoms with Crippen molar-refractivity contribution in [1.82, 2.24) is 4.98 Å². The van der Waals surface area contributed by atoms with Crippen molar-refractivity contribution in [3.63, 3.8) is 0 Å². The number of hydrogen-bond donors (Lipinski definition) is 1. The maximum atomic E-state index is 13.6. The second-order valence-corrected chi connectivity index (χ2v) is 11.4. The van der Waals surface area contributed by atoms with Gasteiger partial charge < -0.3 is 5.73 Å². The van der Waals surface area contributed by atoms with Crippen molar-refractivity contribution in [3.8, 4) is 20.9 Å². The fourth-order valence-corrected chi connectivity index (χ4v) is 6.56. The van der Waals surface area contributed by atoms with E-state index in [-0.39, 0.29) is 10.8 Å². The number of nitrogens with zero attached hydrogens (tertiary/aromatic N) is 1. The highest BCUT2D eigenvalue weighted by molar-refractivity contribution is 7.21. The third-order valence-corrected chi connectivity index (χ3v) is 8.51. The zero-order valence-electron chi connectivity index (χ0n) is 18.1. The Morgan fingerprint density at radius 3 is 2.55 bits per heavy atom. The van der Waals surface area contributed by atoms with Gasteiger partial charge in [-0.25, -0.2) is 4.98 Å². The molecule has 0 bridgehead atoms. The minimum Gasteiger partial charge on any atom is -0.394 e. The van der Waals surface area contributed by atoms with E-state index in [1.807, 2.05) is 30.3 Å². The number of nitrogens with two attached hydrogens (primary N) is 1. The van der Waals surface area contributed by atoms with Gasteiger partial charge in [0, 0.05) is 16.1 Å². The summed E-state index contributed by atoms with van der Waals surface area (Å²) in [4.78, 5) is 21.4. The smallest absolute Gasteiger partial charge is 0.213 e. The van der Waals surface area contributed by atoms with Crippen LogP contribution in [-0.2, 0) is 12.8 Å². The van der Waals surface area contributed by atoms with Gasteiger partial charge in [-0.15, -0.1) is 22.7 Å². The summed E-state index contributed by atoms with van der Waals surface area (Å²) >= 11 is 3.22. The maximum Gasteiger partial charge on any atom is 0.213 e. The van der Waals surface area contributed by atoms with Crippen molar-refractivity contribution in [3.05, 3.63) is 69.3 Å². The standard InChI is InChI=1S/C26H26N2OS2/c1-26(2,3)16-11-12-17-18(14-16)28-25-21(20(17)19-10-7-13-30-19)23(29)22(27)24(31-25)15-8-5-4-6-9-15/h4-10,13,16H,11-12,14,27H2,1-3H3. The van der Waals surface area contributed by atoms with Crippen LogP contribution in [0.5, 0.6) is 0 Å². The van der Waals surface area contributed by atoms with E-state index in [9.17, 15) is 4.79 Å². The first kappa shape index (κ1) is 20.4. The van der Waals surface area contributed by atoms with Crippen molar-refractivity contribution in [2.75, 3.05) is 5.73 Å². The van der Waals surface area contributed by atoms with Crippen molar-refractivity contribution in [2.24, 2.45) is 11.3 Å². The van der Waals surface area contributed by atoms with Crippen LogP contribution < -0.4 is 11.2 Å². The first-order valence-electron chi connectivity index (χ1n) is 10.7. The largest absolute Gasteiger partial charge is 0.394 e. The van der Waals surface area contributed by atoms with Crippen LogP contribution in [0, 0.1) is 11.3 Å². The summed E-state index contributed by atoms with van der Waals surface area (Å²) in [5.74, 6) is 0.584. The lowest BCUT2D eigenvalue weighted by atomic mass is 9.71. The normalized spacial score (nSPS) is 16.4. The molecule has 1 atom stereocenters. The average molecular weight is 447 g/mol. The lowest BCUT2D eigenvalue weighted by Gasteiger charge is -2.35. The number of rotatable bonds is 2. The molecule has 0 saturated heterocycles. The lowest BCUT2D eigenvalue weighted by Crippen LogP contribution is -2.28. The Bertz CT molecular complexity index is 1320. The summed E-state index contributed by atoms with van der Waals surface area (Å²) in [6, 6.07) is 14.1. The molecule has 31 heavy (non-hydrogen) atoms. The van der Waals surface area contributed by atoms with E-state index in [2.05, 4.69) is 38.3 Å². The highest BCUT2D eigenvalue weighted by atomic mass is 32.1. The molecular formula is C26H26N2OS2. The van der Waals surface area contributed by atoms with E-state index >= 15 is 0 Å². The predicted octanol–water partition coefficient (Wildman–Crippen LogP) is 6.79. The lowest BCUT2D eigenvalue weighted by molar-refractivity contribution is 0.214. The number of aromatic nitrogens is 1. The second kappa shape index (κ2) is 7.57. The highest BCUT2D eigenvalue weighted by Gasteiger charge is 2.32. The molecule has 0 aliphatic heterocycles. The molecule has 2 N–H and O–H groups in total. The van der Waals surface area contributed by atoms with E-state index in [1.165, 1.54) is 5.56 Å². The van der Waals surface area contributed by atoms with Crippen LogP contribution in [-0.4, -0.2) is 4.98 Å².